The Labute approximate surface area is 94.4 Å². The Kier molecular flexibility index (Phi) is 3.09. The van der Waals surface area contributed by atoms with Gasteiger partial charge in [-0.2, -0.15) is 0 Å². The number of piperidine rings is 1. The summed E-state index contributed by atoms with van der Waals surface area (Å²) in [6, 6.07) is 0. The molecule has 0 bridgehead atoms. The van der Waals surface area contributed by atoms with E-state index in [1.807, 2.05) is 0 Å². The van der Waals surface area contributed by atoms with Gasteiger partial charge in [-0.25, -0.2) is 0 Å². The first-order valence-electron chi connectivity index (χ1n) is 6.45. The third kappa shape index (κ3) is 2.21. The normalized spacial score (nSPS) is 29.6. The summed E-state index contributed by atoms with van der Waals surface area (Å²) in [5.41, 5.74) is 1.18. The highest BCUT2D eigenvalue weighted by atomic mass is 15.1. The number of nitrogens with zero attached hydrogens (tertiary/aromatic N) is 1. The summed E-state index contributed by atoms with van der Waals surface area (Å²) in [7, 11) is 4.47. The SMILES string of the molecule is CN(C)C1(C)CCC2(CCNCC2)CC1. The maximum Gasteiger partial charge on any atom is 0.0175 e. The van der Waals surface area contributed by atoms with Gasteiger partial charge in [-0.05, 0) is 78.0 Å². The third-order valence-electron chi connectivity index (χ3n) is 5.13. The van der Waals surface area contributed by atoms with Crippen LogP contribution in [0.15, 0.2) is 0 Å². The van der Waals surface area contributed by atoms with Gasteiger partial charge in [0.15, 0.2) is 0 Å². The van der Waals surface area contributed by atoms with Crippen molar-refractivity contribution in [3.05, 3.63) is 0 Å². The Morgan fingerprint density at radius 2 is 1.40 bits per heavy atom. The van der Waals surface area contributed by atoms with Crippen LogP contribution in [-0.4, -0.2) is 37.6 Å². The molecule has 1 spiro atoms. The summed E-state index contributed by atoms with van der Waals surface area (Å²) in [4.78, 5) is 2.43. The van der Waals surface area contributed by atoms with Crippen molar-refractivity contribution in [1.29, 1.82) is 0 Å². The molecule has 0 unspecified atom stereocenters. The van der Waals surface area contributed by atoms with Gasteiger partial charge in [-0.15, -0.1) is 0 Å². The van der Waals surface area contributed by atoms with Gasteiger partial charge < -0.3 is 10.2 Å². The first-order chi connectivity index (χ1) is 7.06. The van der Waals surface area contributed by atoms with Crippen LogP contribution in [0.25, 0.3) is 0 Å². The molecule has 2 aliphatic rings. The van der Waals surface area contributed by atoms with Crippen molar-refractivity contribution >= 4 is 0 Å². The van der Waals surface area contributed by atoms with Crippen molar-refractivity contribution in [3.63, 3.8) is 0 Å². The molecule has 1 heterocycles. The molecule has 0 aromatic rings. The van der Waals surface area contributed by atoms with Gasteiger partial charge in [-0.3, -0.25) is 0 Å². The van der Waals surface area contributed by atoms with Gasteiger partial charge in [0.05, 0.1) is 0 Å². The number of nitrogens with one attached hydrogen (secondary N) is 1. The van der Waals surface area contributed by atoms with Gasteiger partial charge in [0, 0.05) is 5.54 Å². The Morgan fingerprint density at radius 1 is 0.867 bits per heavy atom. The molecule has 1 N–H and O–H groups in total. The van der Waals surface area contributed by atoms with Gasteiger partial charge in [-0.1, -0.05) is 0 Å². The van der Waals surface area contributed by atoms with Crippen LogP contribution in [0.2, 0.25) is 0 Å². The van der Waals surface area contributed by atoms with Crippen LogP contribution < -0.4 is 5.32 Å². The number of hydrogen-bond acceptors (Lipinski definition) is 2. The first kappa shape index (κ1) is 11.4. The number of rotatable bonds is 1. The summed E-state index contributed by atoms with van der Waals surface area (Å²) in [5, 5.41) is 3.49. The number of hydrogen-bond donors (Lipinski definition) is 1. The van der Waals surface area contributed by atoms with E-state index in [0.717, 1.165) is 0 Å². The molecule has 2 fully saturated rings. The third-order valence-corrected chi connectivity index (χ3v) is 5.13. The van der Waals surface area contributed by atoms with Crippen LogP contribution in [0, 0.1) is 5.41 Å². The second kappa shape index (κ2) is 4.06. The fourth-order valence-electron chi connectivity index (χ4n) is 3.22. The summed E-state index contributed by atoms with van der Waals surface area (Å²) in [5.74, 6) is 0. The van der Waals surface area contributed by atoms with Crippen LogP contribution >= 0.6 is 0 Å². The van der Waals surface area contributed by atoms with Crippen molar-refractivity contribution in [2.75, 3.05) is 27.2 Å². The van der Waals surface area contributed by atoms with Gasteiger partial charge in [0.25, 0.3) is 0 Å². The lowest BCUT2D eigenvalue weighted by Crippen LogP contribution is -2.49. The lowest BCUT2D eigenvalue weighted by molar-refractivity contribution is 0.0329. The molecule has 1 aliphatic carbocycles. The topological polar surface area (TPSA) is 15.3 Å². The summed E-state index contributed by atoms with van der Waals surface area (Å²) < 4.78 is 0. The van der Waals surface area contributed by atoms with Crippen molar-refractivity contribution in [2.45, 2.75) is 51.0 Å². The van der Waals surface area contributed by atoms with Crippen LogP contribution in [0.4, 0.5) is 0 Å². The zero-order valence-electron chi connectivity index (χ0n) is 10.6. The average Bonchev–Trinajstić information content (AvgIpc) is 2.24. The van der Waals surface area contributed by atoms with Gasteiger partial charge in [0.2, 0.25) is 0 Å². The Hall–Kier alpha value is -0.0800. The van der Waals surface area contributed by atoms with E-state index in [2.05, 4.69) is 31.2 Å². The second-order valence-corrected chi connectivity index (χ2v) is 6.14. The van der Waals surface area contributed by atoms with Gasteiger partial charge >= 0.3 is 0 Å². The zero-order valence-corrected chi connectivity index (χ0v) is 10.6. The molecule has 0 atom stereocenters. The molecule has 15 heavy (non-hydrogen) atoms. The van der Waals surface area contributed by atoms with E-state index in [-0.39, 0.29) is 0 Å². The molecule has 0 aromatic heterocycles. The predicted octanol–water partition coefficient (Wildman–Crippen LogP) is 2.25. The first-order valence-corrected chi connectivity index (χ1v) is 6.45. The van der Waals surface area contributed by atoms with E-state index in [1.54, 1.807) is 0 Å². The largest absolute Gasteiger partial charge is 0.317 e. The van der Waals surface area contributed by atoms with Crippen molar-refractivity contribution in [1.82, 2.24) is 10.2 Å². The molecule has 0 amide bonds. The van der Waals surface area contributed by atoms with Crippen LogP contribution in [0.5, 0.6) is 0 Å². The minimum atomic E-state index is 0.468. The van der Waals surface area contributed by atoms with Crippen LogP contribution in [0.3, 0.4) is 0 Å². The highest BCUT2D eigenvalue weighted by Crippen LogP contribution is 2.47. The lowest BCUT2D eigenvalue weighted by Gasteiger charge is -2.49. The zero-order chi connectivity index (χ0) is 10.9. The Bertz CT molecular complexity index is 207. The fourth-order valence-corrected chi connectivity index (χ4v) is 3.22. The maximum absolute atomic E-state index is 3.49. The van der Waals surface area contributed by atoms with Crippen molar-refractivity contribution in [3.8, 4) is 0 Å². The lowest BCUT2D eigenvalue weighted by atomic mass is 9.63. The molecular weight excluding hydrogens is 184 g/mol. The van der Waals surface area contributed by atoms with E-state index >= 15 is 0 Å². The fraction of sp³-hybridized carbons (Fsp3) is 1.00. The van der Waals surface area contributed by atoms with Crippen molar-refractivity contribution < 1.29 is 0 Å². The monoisotopic (exact) mass is 210 g/mol. The smallest absolute Gasteiger partial charge is 0.0175 e. The summed E-state index contributed by atoms with van der Waals surface area (Å²) in [6.45, 7) is 4.93. The molecule has 2 rings (SSSR count). The Balaban J connectivity index is 1.96. The van der Waals surface area contributed by atoms with Crippen LogP contribution in [-0.2, 0) is 0 Å². The maximum atomic E-state index is 3.49. The van der Waals surface area contributed by atoms with E-state index < -0.39 is 0 Å². The molecule has 1 saturated heterocycles. The standard InChI is InChI=1S/C13H26N2/c1-12(15(2)3)4-6-13(7-5-12)8-10-14-11-9-13/h14H,4-11H2,1-3H3. The average molecular weight is 210 g/mol. The molecule has 0 radical (unpaired) electrons. The molecule has 2 heteroatoms. The van der Waals surface area contributed by atoms with Crippen molar-refractivity contribution in [2.24, 2.45) is 5.41 Å². The predicted molar refractivity (Wildman–Crippen MR) is 65.1 cm³/mol. The summed E-state index contributed by atoms with van der Waals surface area (Å²) >= 11 is 0. The minimum Gasteiger partial charge on any atom is -0.317 e. The minimum absolute atomic E-state index is 0.468. The highest BCUT2D eigenvalue weighted by Gasteiger charge is 2.41. The Morgan fingerprint density at radius 3 is 1.87 bits per heavy atom. The van der Waals surface area contributed by atoms with Gasteiger partial charge in [0.1, 0.15) is 0 Å². The highest BCUT2D eigenvalue weighted by molar-refractivity contribution is 4.96. The molecule has 1 aliphatic heterocycles. The van der Waals surface area contributed by atoms with E-state index in [1.165, 1.54) is 51.6 Å². The van der Waals surface area contributed by atoms with Crippen LogP contribution in [0.1, 0.15) is 45.4 Å². The second-order valence-electron chi connectivity index (χ2n) is 6.14. The molecule has 88 valence electrons. The molecular formula is C13H26N2. The van der Waals surface area contributed by atoms with E-state index in [0.29, 0.717) is 11.0 Å². The summed E-state index contributed by atoms with van der Waals surface area (Å²) in [6.07, 6.45) is 8.50. The molecule has 1 saturated carbocycles. The molecule has 0 aromatic carbocycles. The van der Waals surface area contributed by atoms with E-state index in [9.17, 15) is 0 Å². The molecule has 2 nitrogen and oxygen atoms in total. The quantitative estimate of drug-likeness (QED) is 0.714. The van der Waals surface area contributed by atoms with E-state index in [4.69, 9.17) is 0 Å².